The minimum absolute atomic E-state index is 0.482. The number of rotatable bonds is 11. The Hall–Kier alpha value is -1.40. The highest BCUT2D eigenvalue weighted by molar-refractivity contribution is 5.43. The summed E-state index contributed by atoms with van der Waals surface area (Å²) in [6, 6.07) is 4.46. The van der Waals surface area contributed by atoms with Gasteiger partial charge >= 0.3 is 0 Å². The van der Waals surface area contributed by atoms with Gasteiger partial charge in [0, 0.05) is 0 Å². The molecule has 0 atom stereocenters. The van der Waals surface area contributed by atoms with Crippen molar-refractivity contribution in [2.75, 3.05) is 0 Å². The topological polar surface area (TPSA) is 29.4 Å². The van der Waals surface area contributed by atoms with Gasteiger partial charge in [0.05, 0.1) is 6.54 Å². The van der Waals surface area contributed by atoms with Gasteiger partial charge in [-0.1, -0.05) is 52.2 Å². The molecule has 0 radical (unpaired) electrons. The SMILES string of the molecule is CCCCc1ccc(CN=C=O)c(CCCC)c1CCCC. The van der Waals surface area contributed by atoms with Gasteiger partial charge in [-0.2, -0.15) is 0 Å². The Bertz CT molecular complexity index is 487. The summed E-state index contributed by atoms with van der Waals surface area (Å²) >= 11 is 0. The number of aryl methyl sites for hydroxylation is 1. The summed E-state index contributed by atoms with van der Waals surface area (Å²) in [7, 11) is 0. The van der Waals surface area contributed by atoms with Crippen molar-refractivity contribution in [3.05, 3.63) is 34.4 Å². The van der Waals surface area contributed by atoms with Crippen molar-refractivity contribution in [3.8, 4) is 0 Å². The van der Waals surface area contributed by atoms with Gasteiger partial charge in [-0.25, -0.2) is 9.79 Å². The van der Waals surface area contributed by atoms with Gasteiger partial charge in [0.25, 0.3) is 0 Å². The number of nitrogens with zero attached hydrogens (tertiary/aromatic N) is 1. The smallest absolute Gasteiger partial charge is 0.211 e. The van der Waals surface area contributed by atoms with Gasteiger partial charge in [-0.3, -0.25) is 0 Å². The Kier molecular flexibility index (Phi) is 9.50. The van der Waals surface area contributed by atoms with Gasteiger partial charge in [0.1, 0.15) is 0 Å². The molecule has 0 N–H and O–H groups in total. The largest absolute Gasteiger partial charge is 0.235 e. The van der Waals surface area contributed by atoms with E-state index < -0.39 is 0 Å². The van der Waals surface area contributed by atoms with Crippen molar-refractivity contribution in [2.45, 2.75) is 85.1 Å². The van der Waals surface area contributed by atoms with E-state index in [9.17, 15) is 4.79 Å². The third-order valence-electron chi connectivity index (χ3n) is 4.30. The normalized spacial score (nSPS) is 10.5. The number of hydrogen-bond donors (Lipinski definition) is 0. The van der Waals surface area contributed by atoms with Gasteiger partial charge in [-0.05, 0) is 60.8 Å². The Morgan fingerprint density at radius 1 is 0.818 bits per heavy atom. The molecule has 1 rings (SSSR count). The summed E-state index contributed by atoms with van der Waals surface area (Å²) in [5, 5.41) is 0. The van der Waals surface area contributed by atoms with Crippen LogP contribution in [0.4, 0.5) is 0 Å². The number of unbranched alkanes of at least 4 members (excludes halogenated alkanes) is 3. The molecule has 0 aliphatic heterocycles. The van der Waals surface area contributed by atoms with E-state index in [4.69, 9.17) is 0 Å². The highest BCUT2D eigenvalue weighted by Crippen LogP contribution is 2.26. The zero-order valence-electron chi connectivity index (χ0n) is 14.6. The monoisotopic (exact) mass is 301 g/mol. The molecule has 2 heteroatoms. The molecule has 0 bridgehead atoms. The van der Waals surface area contributed by atoms with Crippen LogP contribution in [0.3, 0.4) is 0 Å². The van der Waals surface area contributed by atoms with E-state index in [0.29, 0.717) is 6.54 Å². The first-order valence-corrected chi connectivity index (χ1v) is 8.94. The lowest BCUT2D eigenvalue weighted by Gasteiger charge is -2.18. The molecule has 0 saturated heterocycles. The molecule has 1 aromatic carbocycles. The quantitative estimate of drug-likeness (QED) is 0.389. The van der Waals surface area contributed by atoms with E-state index in [0.717, 1.165) is 12.8 Å². The molecule has 0 aliphatic carbocycles. The third-order valence-corrected chi connectivity index (χ3v) is 4.30. The summed E-state index contributed by atoms with van der Waals surface area (Å²) in [6.45, 7) is 7.21. The first-order chi connectivity index (χ1) is 10.8. The Labute approximate surface area is 136 Å². The molecule has 0 aromatic heterocycles. The first-order valence-electron chi connectivity index (χ1n) is 8.94. The minimum atomic E-state index is 0.482. The summed E-state index contributed by atoms with van der Waals surface area (Å²) in [5.41, 5.74) is 5.74. The van der Waals surface area contributed by atoms with E-state index in [-0.39, 0.29) is 0 Å². The number of isocyanates is 1. The third kappa shape index (κ3) is 5.77. The molecule has 0 saturated carbocycles. The van der Waals surface area contributed by atoms with Crippen LogP contribution in [-0.2, 0) is 30.6 Å². The number of hydrogen-bond acceptors (Lipinski definition) is 2. The predicted octanol–water partition coefficient (Wildman–Crippen LogP) is 5.55. The van der Waals surface area contributed by atoms with Crippen molar-refractivity contribution >= 4 is 6.08 Å². The van der Waals surface area contributed by atoms with Crippen LogP contribution in [-0.4, -0.2) is 6.08 Å². The van der Waals surface area contributed by atoms with E-state index in [1.165, 1.54) is 61.6 Å². The molecule has 0 heterocycles. The van der Waals surface area contributed by atoms with Crippen molar-refractivity contribution in [1.82, 2.24) is 0 Å². The molecular formula is C20H31NO. The van der Waals surface area contributed by atoms with Gasteiger partial charge < -0.3 is 0 Å². The number of carbonyl (C=O) groups excluding carboxylic acids is 1. The maximum Gasteiger partial charge on any atom is 0.235 e. The second kappa shape index (κ2) is 11.2. The van der Waals surface area contributed by atoms with Crippen molar-refractivity contribution in [3.63, 3.8) is 0 Å². The highest BCUT2D eigenvalue weighted by atomic mass is 16.1. The highest BCUT2D eigenvalue weighted by Gasteiger charge is 2.12. The molecule has 0 amide bonds. The fraction of sp³-hybridized carbons (Fsp3) is 0.650. The molecular weight excluding hydrogens is 270 g/mol. The van der Waals surface area contributed by atoms with E-state index in [1.807, 2.05) is 0 Å². The zero-order valence-corrected chi connectivity index (χ0v) is 14.6. The van der Waals surface area contributed by atoms with Crippen molar-refractivity contribution < 1.29 is 4.79 Å². The number of aliphatic imine (C=N–C) groups is 1. The second-order valence-electron chi connectivity index (χ2n) is 6.06. The van der Waals surface area contributed by atoms with Crippen molar-refractivity contribution in [2.24, 2.45) is 4.99 Å². The Morgan fingerprint density at radius 2 is 1.32 bits per heavy atom. The Balaban J connectivity index is 3.19. The summed E-state index contributed by atoms with van der Waals surface area (Å²) < 4.78 is 0. The molecule has 0 unspecified atom stereocenters. The average Bonchev–Trinajstić information content (AvgIpc) is 2.55. The van der Waals surface area contributed by atoms with Gasteiger partial charge in [0.15, 0.2) is 0 Å². The van der Waals surface area contributed by atoms with Crippen LogP contribution in [0.1, 0.15) is 81.5 Å². The standard InChI is InChI=1S/C20H31NO/c1-4-7-10-17-13-14-18(15-21-16-22)20(12-9-6-3)19(17)11-8-5-2/h13-14H,4-12,15H2,1-3H3. The van der Waals surface area contributed by atoms with Gasteiger partial charge in [-0.15, -0.1) is 0 Å². The van der Waals surface area contributed by atoms with Crippen LogP contribution < -0.4 is 0 Å². The average molecular weight is 301 g/mol. The van der Waals surface area contributed by atoms with Crippen LogP contribution in [0, 0.1) is 0 Å². The summed E-state index contributed by atoms with van der Waals surface area (Å²) in [6.07, 6.45) is 12.5. The molecule has 122 valence electrons. The van der Waals surface area contributed by atoms with Crippen LogP contribution in [0.25, 0.3) is 0 Å². The maximum atomic E-state index is 10.5. The lowest BCUT2D eigenvalue weighted by atomic mass is 9.87. The minimum Gasteiger partial charge on any atom is -0.211 e. The first kappa shape index (κ1) is 18.6. The fourth-order valence-electron chi connectivity index (χ4n) is 2.99. The number of benzene rings is 1. The van der Waals surface area contributed by atoms with Crippen LogP contribution >= 0.6 is 0 Å². The molecule has 0 aliphatic rings. The van der Waals surface area contributed by atoms with Crippen LogP contribution in [0.2, 0.25) is 0 Å². The van der Waals surface area contributed by atoms with Crippen molar-refractivity contribution in [1.29, 1.82) is 0 Å². The Morgan fingerprint density at radius 3 is 1.86 bits per heavy atom. The summed E-state index contributed by atoms with van der Waals surface area (Å²) in [4.78, 5) is 14.3. The van der Waals surface area contributed by atoms with E-state index >= 15 is 0 Å². The molecule has 0 fully saturated rings. The predicted molar refractivity (Wildman–Crippen MR) is 94.1 cm³/mol. The molecule has 1 aromatic rings. The van der Waals surface area contributed by atoms with E-state index in [2.05, 4.69) is 37.9 Å². The van der Waals surface area contributed by atoms with Crippen LogP contribution in [0.15, 0.2) is 17.1 Å². The van der Waals surface area contributed by atoms with Gasteiger partial charge in [0.2, 0.25) is 6.08 Å². The molecule has 0 spiro atoms. The fourth-order valence-corrected chi connectivity index (χ4v) is 2.99. The zero-order chi connectivity index (χ0) is 16.2. The lowest BCUT2D eigenvalue weighted by molar-refractivity contribution is 0.562. The maximum absolute atomic E-state index is 10.5. The second-order valence-corrected chi connectivity index (χ2v) is 6.06. The molecule has 2 nitrogen and oxygen atoms in total. The summed E-state index contributed by atoms with van der Waals surface area (Å²) in [5.74, 6) is 0. The molecule has 22 heavy (non-hydrogen) atoms. The lowest BCUT2D eigenvalue weighted by Crippen LogP contribution is -2.05. The van der Waals surface area contributed by atoms with E-state index in [1.54, 1.807) is 11.6 Å². The van der Waals surface area contributed by atoms with Crippen LogP contribution in [0.5, 0.6) is 0 Å².